The van der Waals surface area contributed by atoms with Gasteiger partial charge in [0.05, 0.1) is 11.3 Å². The summed E-state index contributed by atoms with van der Waals surface area (Å²) in [5.41, 5.74) is 4.59. The Balaban J connectivity index is 0.000000383. The van der Waals surface area contributed by atoms with Gasteiger partial charge in [-0.2, -0.15) is 13.2 Å². The zero-order chi connectivity index (χ0) is 24.3. The molecule has 33 heavy (non-hydrogen) atoms. The molecule has 7 nitrogen and oxygen atoms in total. The molecule has 0 bridgehead atoms. The average Bonchev–Trinajstić information content (AvgIpc) is 3.19. The van der Waals surface area contributed by atoms with Gasteiger partial charge in [-0.3, -0.25) is 14.6 Å². The van der Waals surface area contributed by atoms with E-state index in [-0.39, 0.29) is 11.7 Å². The quantitative estimate of drug-likeness (QED) is 0.402. The monoisotopic (exact) mass is 463 g/mol. The molecule has 0 atom stereocenters. The Kier molecular flexibility index (Phi) is 6.61. The number of hydrogen-bond donors (Lipinski definition) is 3. The first kappa shape index (κ1) is 23.6. The Hall–Kier alpha value is -4.02. The number of amides is 1. The van der Waals surface area contributed by atoms with E-state index in [0.29, 0.717) is 28.9 Å². The molecule has 1 aliphatic rings. The van der Waals surface area contributed by atoms with E-state index in [0.717, 1.165) is 23.4 Å². The van der Waals surface area contributed by atoms with E-state index in [9.17, 15) is 27.2 Å². The summed E-state index contributed by atoms with van der Waals surface area (Å²) in [7, 11) is 0. The molecule has 1 aliphatic heterocycles. The number of H-pyrrole nitrogens is 1. The fourth-order valence-corrected chi connectivity index (χ4v) is 3.15. The van der Waals surface area contributed by atoms with Crippen molar-refractivity contribution in [1.29, 1.82) is 0 Å². The molecule has 0 radical (unpaired) electrons. The predicted octanol–water partition coefficient (Wildman–Crippen LogP) is 4.00. The van der Waals surface area contributed by atoms with E-state index >= 15 is 0 Å². The number of carboxylic acid groups (broad SMARTS) is 1. The molecule has 1 amide bonds. The molecule has 0 aliphatic carbocycles. The second-order valence-electron chi connectivity index (χ2n) is 7.10. The van der Waals surface area contributed by atoms with Crippen LogP contribution in [0.2, 0.25) is 0 Å². The Morgan fingerprint density at radius 2 is 1.79 bits per heavy atom. The summed E-state index contributed by atoms with van der Waals surface area (Å²) in [4.78, 5) is 40.0. The minimum atomic E-state index is -5.08. The number of rotatable bonds is 3. The van der Waals surface area contributed by atoms with Gasteiger partial charge in [-0.25, -0.2) is 9.18 Å². The topological polar surface area (TPSA) is 112 Å². The summed E-state index contributed by atoms with van der Waals surface area (Å²) in [5, 5.41) is 9.94. The van der Waals surface area contributed by atoms with Crippen LogP contribution in [0.5, 0.6) is 0 Å². The number of benzene rings is 1. The average molecular weight is 463 g/mol. The van der Waals surface area contributed by atoms with Gasteiger partial charge in [-0.1, -0.05) is 0 Å². The summed E-state index contributed by atoms with van der Waals surface area (Å²) in [5.74, 6) is -3.52. The molecular weight excluding hydrogens is 446 g/mol. The number of carbonyl (C=O) groups is 3. The van der Waals surface area contributed by atoms with E-state index in [1.54, 1.807) is 12.3 Å². The predicted molar refractivity (Wildman–Crippen MR) is 109 cm³/mol. The fraction of sp³-hybridized carbons (Fsp3) is 0.182. The Morgan fingerprint density at radius 3 is 2.39 bits per heavy atom. The Morgan fingerprint density at radius 1 is 1.09 bits per heavy atom. The maximum Gasteiger partial charge on any atom is 0.490 e. The molecule has 2 aromatic heterocycles. The molecule has 0 unspecified atom stereocenters. The first-order valence-corrected chi connectivity index (χ1v) is 9.54. The third-order valence-corrected chi connectivity index (χ3v) is 4.72. The number of carbonyl (C=O) groups excluding carboxylic acids is 2. The number of carboxylic acids is 1. The normalized spacial score (nSPS) is 12.8. The van der Waals surface area contributed by atoms with Gasteiger partial charge in [0.15, 0.2) is 5.78 Å². The molecule has 0 spiro atoms. The molecule has 3 N–H and O–H groups in total. The van der Waals surface area contributed by atoms with Crippen LogP contribution in [0.15, 0.2) is 42.6 Å². The number of hydrogen-bond acceptors (Lipinski definition) is 4. The van der Waals surface area contributed by atoms with Crippen molar-refractivity contribution in [3.05, 3.63) is 65.2 Å². The number of pyridine rings is 1. The minimum absolute atomic E-state index is 0.0840. The van der Waals surface area contributed by atoms with Crippen LogP contribution in [-0.4, -0.2) is 45.5 Å². The third kappa shape index (κ3) is 5.62. The number of alkyl halides is 3. The van der Waals surface area contributed by atoms with Crippen LogP contribution in [0.4, 0.5) is 17.6 Å². The highest BCUT2D eigenvalue weighted by Crippen LogP contribution is 2.28. The number of aromatic nitrogens is 2. The first-order chi connectivity index (χ1) is 15.5. The summed E-state index contributed by atoms with van der Waals surface area (Å²) in [6, 6.07) is 9.65. The lowest BCUT2D eigenvalue weighted by Gasteiger charge is -2.11. The van der Waals surface area contributed by atoms with E-state index in [1.807, 2.05) is 18.2 Å². The van der Waals surface area contributed by atoms with Crippen LogP contribution in [0.25, 0.3) is 22.5 Å². The highest BCUT2D eigenvalue weighted by Gasteiger charge is 2.38. The molecule has 172 valence electrons. The zero-order valence-corrected chi connectivity index (χ0v) is 17.1. The smallest absolute Gasteiger partial charge is 0.475 e. The molecule has 0 saturated carbocycles. The maximum atomic E-state index is 13.9. The second-order valence-corrected chi connectivity index (χ2v) is 7.10. The molecule has 3 aromatic rings. The number of ketones is 1. The number of aliphatic carboxylic acids is 1. The summed E-state index contributed by atoms with van der Waals surface area (Å²) >= 11 is 0. The largest absolute Gasteiger partial charge is 0.490 e. The zero-order valence-electron chi connectivity index (χ0n) is 17.1. The summed E-state index contributed by atoms with van der Waals surface area (Å²) < 4.78 is 45.6. The number of fused-ring (bicyclic) bond motifs is 1. The molecule has 11 heteroatoms. The molecule has 1 aromatic carbocycles. The van der Waals surface area contributed by atoms with E-state index in [1.165, 1.54) is 19.1 Å². The number of aromatic amines is 1. The molecule has 4 rings (SSSR count). The van der Waals surface area contributed by atoms with Crippen molar-refractivity contribution < 1.29 is 37.1 Å². The molecular formula is C22H17F4N3O4. The molecule has 3 heterocycles. The summed E-state index contributed by atoms with van der Waals surface area (Å²) in [6.45, 7) is 2.02. The van der Waals surface area contributed by atoms with Crippen molar-refractivity contribution >= 4 is 17.7 Å². The SMILES string of the molecule is CC(=O)c1cc(F)cc(-c2cc(-c3cc4c([nH]3)CCNC4=O)ccn2)c1.O=C(O)C(F)(F)F. The lowest BCUT2D eigenvalue weighted by molar-refractivity contribution is -0.192. The van der Waals surface area contributed by atoms with Gasteiger partial charge in [0.2, 0.25) is 0 Å². The lowest BCUT2D eigenvalue weighted by Crippen LogP contribution is -2.31. The summed E-state index contributed by atoms with van der Waals surface area (Å²) in [6.07, 6.45) is -2.70. The van der Waals surface area contributed by atoms with Crippen LogP contribution in [0.1, 0.15) is 33.3 Å². The number of nitrogens with zero attached hydrogens (tertiary/aromatic N) is 1. The maximum absolute atomic E-state index is 13.9. The van der Waals surface area contributed by atoms with Gasteiger partial charge >= 0.3 is 12.1 Å². The van der Waals surface area contributed by atoms with Gasteiger partial charge in [-0.15, -0.1) is 0 Å². The van der Waals surface area contributed by atoms with Crippen LogP contribution >= 0.6 is 0 Å². The third-order valence-electron chi connectivity index (χ3n) is 4.72. The van der Waals surface area contributed by atoms with Crippen molar-refractivity contribution in [2.24, 2.45) is 0 Å². The molecule has 0 saturated heterocycles. The Bertz CT molecular complexity index is 1230. The van der Waals surface area contributed by atoms with Crippen molar-refractivity contribution in [3.8, 4) is 22.5 Å². The lowest BCUT2D eigenvalue weighted by atomic mass is 10.0. The van der Waals surface area contributed by atoms with Gasteiger partial charge in [0.1, 0.15) is 5.82 Å². The number of nitrogens with one attached hydrogen (secondary N) is 2. The highest BCUT2D eigenvalue weighted by atomic mass is 19.4. The van der Waals surface area contributed by atoms with Gasteiger partial charge < -0.3 is 15.4 Å². The van der Waals surface area contributed by atoms with Crippen molar-refractivity contribution in [1.82, 2.24) is 15.3 Å². The van der Waals surface area contributed by atoms with Crippen molar-refractivity contribution in [2.45, 2.75) is 19.5 Å². The van der Waals surface area contributed by atoms with Gasteiger partial charge in [0, 0.05) is 47.2 Å². The van der Waals surface area contributed by atoms with Crippen LogP contribution in [-0.2, 0) is 11.2 Å². The Labute approximate surface area is 184 Å². The van der Waals surface area contributed by atoms with E-state index in [4.69, 9.17) is 9.90 Å². The minimum Gasteiger partial charge on any atom is -0.475 e. The van der Waals surface area contributed by atoms with Crippen LogP contribution < -0.4 is 5.32 Å². The fourth-order valence-electron chi connectivity index (χ4n) is 3.15. The standard InChI is InChI=1S/C20H16FN3O2.C2HF3O2/c1-11(25)13-6-14(8-15(21)7-13)18-9-12(2-4-22-18)19-10-16-17(24-19)3-5-23-20(16)26;3-2(4,5)1(6)7/h2,4,6-10,24H,3,5H2,1H3,(H,23,26);(H,6,7). The van der Waals surface area contributed by atoms with Gasteiger partial charge in [-0.05, 0) is 43.3 Å². The second kappa shape index (κ2) is 9.23. The van der Waals surface area contributed by atoms with Crippen molar-refractivity contribution in [2.75, 3.05) is 6.54 Å². The van der Waals surface area contributed by atoms with E-state index < -0.39 is 18.0 Å². The van der Waals surface area contributed by atoms with E-state index in [2.05, 4.69) is 15.3 Å². The van der Waals surface area contributed by atoms with Gasteiger partial charge in [0.25, 0.3) is 5.91 Å². The van der Waals surface area contributed by atoms with Crippen LogP contribution in [0, 0.1) is 5.82 Å². The molecule has 0 fully saturated rings. The highest BCUT2D eigenvalue weighted by molar-refractivity contribution is 5.98. The number of Topliss-reactive ketones (excluding diaryl/α,β-unsaturated/α-hetero) is 1. The van der Waals surface area contributed by atoms with Crippen LogP contribution in [0.3, 0.4) is 0 Å². The van der Waals surface area contributed by atoms with Crippen molar-refractivity contribution in [3.63, 3.8) is 0 Å². The number of halogens is 4. The first-order valence-electron chi connectivity index (χ1n) is 9.54.